The van der Waals surface area contributed by atoms with Crippen LogP contribution in [0.4, 0.5) is 5.69 Å². The van der Waals surface area contributed by atoms with E-state index in [9.17, 15) is 4.79 Å². The summed E-state index contributed by atoms with van der Waals surface area (Å²) in [7, 11) is 0. The first kappa shape index (κ1) is 15.8. The number of piperazine rings is 1. The van der Waals surface area contributed by atoms with E-state index in [-0.39, 0.29) is 5.91 Å². The predicted molar refractivity (Wildman–Crippen MR) is 92.7 cm³/mol. The van der Waals surface area contributed by atoms with Crippen LogP contribution < -0.4 is 4.90 Å². The molecule has 1 aromatic carbocycles. The van der Waals surface area contributed by atoms with Gasteiger partial charge >= 0.3 is 0 Å². The summed E-state index contributed by atoms with van der Waals surface area (Å²) in [5.74, 6) is 0.556. The quantitative estimate of drug-likeness (QED) is 0.636. The van der Waals surface area contributed by atoms with Gasteiger partial charge in [0, 0.05) is 44.3 Å². The van der Waals surface area contributed by atoms with Gasteiger partial charge in [-0.05, 0) is 30.7 Å². The predicted octanol–water partition coefficient (Wildman–Crippen LogP) is 2.23. The van der Waals surface area contributed by atoms with Crippen LogP contribution in [0, 0.1) is 6.92 Å². The lowest BCUT2D eigenvalue weighted by Crippen LogP contribution is -2.49. The minimum atomic E-state index is 0.159. The van der Waals surface area contributed by atoms with Crippen molar-refractivity contribution in [2.45, 2.75) is 12.1 Å². The van der Waals surface area contributed by atoms with Crippen molar-refractivity contribution in [3.8, 4) is 0 Å². The second kappa shape index (κ2) is 7.46. The fourth-order valence-corrected chi connectivity index (χ4v) is 3.32. The van der Waals surface area contributed by atoms with Gasteiger partial charge in [0.05, 0.1) is 5.75 Å². The van der Waals surface area contributed by atoms with Crippen molar-refractivity contribution in [1.29, 1.82) is 0 Å². The van der Waals surface area contributed by atoms with Gasteiger partial charge < -0.3 is 9.80 Å². The lowest BCUT2D eigenvalue weighted by atomic mass is 10.2. The molecule has 2 aromatic rings. The average molecular weight is 328 g/mol. The number of carbonyl (C=O) groups excluding carboxylic acids is 1. The van der Waals surface area contributed by atoms with Crippen LogP contribution in [0.3, 0.4) is 0 Å². The molecule has 1 aliphatic rings. The SMILES string of the molecule is Cc1cccc(N2CCN(C(=O)CSc3ncccn3)CC2)c1. The molecule has 0 spiro atoms. The molecule has 1 fully saturated rings. The Kier molecular flexibility index (Phi) is 5.12. The standard InChI is InChI=1S/C17H20N4OS/c1-14-4-2-5-15(12-14)20-8-10-21(11-9-20)16(22)13-23-17-18-6-3-7-19-17/h2-7,12H,8-11,13H2,1H3. The zero-order valence-electron chi connectivity index (χ0n) is 13.2. The maximum absolute atomic E-state index is 12.3. The highest BCUT2D eigenvalue weighted by molar-refractivity contribution is 7.99. The minimum Gasteiger partial charge on any atom is -0.368 e. The number of hydrogen-bond donors (Lipinski definition) is 0. The number of rotatable bonds is 4. The Morgan fingerprint density at radius 3 is 2.57 bits per heavy atom. The van der Waals surface area contributed by atoms with Crippen molar-refractivity contribution in [2.24, 2.45) is 0 Å². The van der Waals surface area contributed by atoms with Crippen LogP contribution in [-0.4, -0.2) is 52.7 Å². The number of aryl methyl sites for hydroxylation is 1. The molecule has 23 heavy (non-hydrogen) atoms. The average Bonchev–Trinajstić information content (AvgIpc) is 2.61. The van der Waals surface area contributed by atoms with E-state index in [1.165, 1.54) is 23.0 Å². The van der Waals surface area contributed by atoms with Crippen LogP contribution in [0.2, 0.25) is 0 Å². The first-order valence-electron chi connectivity index (χ1n) is 7.71. The van der Waals surface area contributed by atoms with E-state index in [1.54, 1.807) is 18.5 Å². The zero-order chi connectivity index (χ0) is 16.1. The third kappa shape index (κ3) is 4.22. The first-order valence-corrected chi connectivity index (χ1v) is 8.70. The van der Waals surface area contributed by atoms with Gasteiger partial charge in [-0.1, -0.05) is 23.9 Å². The van der Waals surface area contributed by atoms with Gasteiger partial charge in [-0.15, -0.1) is 0 Å². The monoisotopic (exact) mass is 328 g/mol. The van der Waals surface area contributed by atoms with Gasteiger partial charge in [0.2, 0.25) is 5.91 Å². The number of nitrogens with zero attached hydrogens (tertiary/aromatic N) is 4. The molecular formula is C17H20N4OS. The molecule has 0 unspecified atom stereocenters. The van der Waals surface area contributed by atoms with Crippen molar-refractivity contribution in [1.82, 2.24) is 14.9 Å². The molecule has 0 N–H and O–H groups in total. The largest absolute Gasteiger partial charge is 0.368 e. The minimum absolute atomic E-state index is 0.159. The molecule has 3 rings (SSSR count). The molecular weight excluding hydrogens is 308 g/mol. The summed E-state index contributed by atoms with van der Waals surface area (Å²) in [6.07, 6.45) is 3.39. The molecule has 0 aliphatic carbocycles. The fraction of sp³-hybridized carbons (Fsp3) is 0.353. The Labute approximate surface area is 140 Å². The molecule has 120 valence electrons. The molecule has 1 aliphatic heterocycles. The van der Waals surface area contributed by atoms with Gasteiger partial charge in [0.15, 0.2) is 5.16 Å². The van der Waals surface area contributed by atoms with Crippen LogP contribution in [-0.2, 0) is 4.79 Å². The number of hydrogen-bond acceptors (Lipinski definition) is 5. The normalized spacial score (nSPS) is 14.8. The van der Waals surface area contributed by atoms with Crippen molar-refractivity contribution in [3.63, 3.8) is 0 Å². The Morgan fingerprint density at radius 1 is 1.13 bits per heavy atom. The second-order valence-electron chi connectivity index (χ2n) is 5.53. The van der Waals surface area contributed by atoms with Crippen LogP contribution in [0.25, 0.3) is 0 Å². The van der Waals surface area contributed by atoms with E-state index in [0.717, 1.165) is 26.2 Å². The maximum Gasteiger partial charge on any atom is 0.233 e. The van der Waals surface area contributed by atoms with Crippen LogP contribution >= 0.6 is 11.8 Å². The molecule has 1 saturated heterocycles. The van der Waals surface area contributed by atoms with E-state index in [4.69, 9.17) is 0 Å². The summed E-state index contributed by atoms with van der Waals surface area (Å²) < 4.78 is 0. The highest BCUT2D eigenvalue weighted by Crippen LogP contribution is 2.18. The lowest BCUT2D eigenvalue weighted by molar-refractivity contribution is -0.128. The topological polar surface area (TPSA) is 49.3 Å². The summed E-state index contributed by atoms with van der Waals surface area (Å²) in [5.41, 5.74) is 2.50. The summed E-state index contributed by atoms with van der Waals surface area (Å²) >= 11 is 1.39. The number of aromatic nitrogens is 2. The van der Waals surface area contributed by atoms with Crippen molar-refractivity contribution in [2.75, 3.05) is 36.8 Å². The Balaban J connectivity index is 1.49. The Hall–Kier alpha value is -2.08. The maximum atomic E-state index is 12.3. The molecule has 1 aromatic heterocycles. The molecule has 2 heterocycles. The number of amides is 1. The van der Waals surface area contributed by atoms with Crippen molar-refractivity contribution < 1.29 is 4.79 Å². The summed E-state index contributed by atoms with van der Waals surface area (Å²) in [6.45, 7) is 5.39. The highest BCUT2D eigenvalue weighted by atomic mass is 32.2. The molecule has 0 bridgehead atoms. The van der Waals surface area contributed by atoms with E-state index < -0.39 is 0 Å². The van der Waals surface area contributed by atoms with Crippen LogP contribution in [0.5, 0.6) is 0 Å². The van der Waals surface area contributed by atoms with E-state index >= 15 is 0 Å². The van der Waals surface area contributed by atoms with Crippen LogP contribution in [0.15, 0.2) is 47.9 Å². The summed E-state index contributed by atoms with van der Waals surface area (Å²) in [6, 6.07) is 10.3. The number of thioether (sulfide) groups is 1. The van der Waals surface area contributed by atoms with Crippen molar-refractivity contribution >= 4 is 23.4 Å². The molecule has 0 saturated carbocycles. The van der Waals surface area contributed by atoms with Gasteiger partial charge in [-0.25, -0.2) is 9.97 Å². The first-order chi connectivity index (χ1) is 11.2. The third-order valence-corrected chi connectivity index (χ3v) is 4.73. The van der Waals surface area contributed by atoms with Gasteiger partial charge in [-0.2, -0.15) is 0 Å². The third-order valence-electron chi connectivity index (χ3n) is 3.87. The van der Waals surface area contributed by atoms with E-state index in [1.807, 2.05) is 4.90 Å². The van der Waals surface area contributed by atoms with E-state index in [0.29, 0.717) is 10.9 Å². The Morgan fingerprint density at radius 2 is 1.87 bits per heavy atom. The second-order valence-corrected chi connectivity index (χ2v) is 6.47. The fourth-order valence-electron chi connectivity index (χ4n) is 2.62. The summed E-state index contributed by atoms with van der Waals surface area (Å²) in [4.78, 5) is 24.8. The van der Waals surface area contributed by atoms with Crippen LogP contribution in [0.1, 0.15) is 5.56 Å². The molecule has 0 atom stereocenters. The lowest BCUT2D eigenvalue weighted by Gasteiger charge is -2.36. The number of carbonyl (C=O) groups is 1. The highest BCUT2D eigenvalue weighted by Gasteiger charge is 2.21. The van der Waals surface area contributed by atoms with Gasteiger partial charge in [-0.3, -0.25) is 4.79 Å². The van der Waals surface area contributed by atoms with E-state index in [2.05, 4.69) is 46.1 Å². The molecule has 0 radical (unpaired) electrons. The van der Waals surface area contributed by atoms with Gasteiger partial charge in [0.1, 0.15) is 0 Å². The van der Waals surface area contributed by atoms with Gasteiger partial charge in [0.25, 0.3) is 0 Å². The number of benzene rings is 1. The molecule has 5 nitrogen and oxygen atoms in total. The molecule has 6 heteroatoms. The summed E-state index contributed by atoms with van der Waals surface area (Å²) in [5, 5.41) is 0.652. The van der Waals surface area contributed by atoms with Crippen molar-refractivity contribution in [3.05, 3.63) is 48.3 Å². The smallest absolute Gasteiger partial charge is 0.233 e. The zero-order valence-corrected chi connectivity index (χ0v) is 14.0. The Bertz CT molecular complexity index is 657. The molecule has 1 amide bonds. The number of anilines is 1.